The lowest BCUT2D eigenvalue weighted by Gasteiger charge is -2.19. The average Bonchev–Trinajstić information content (AvgIpc) is 1.83. The lowest BCUT2D eigenvalue weighted by Crippen LogP contribution is -2.31. The first-order valence-electron chi connectivity index (χ1n) is 3.62. The smallest absolute Gasteiger partial charge is 0.166 e. The first-order chi connectivity index (χ1) is 4.39. The van der Waals surface area contributed by atoms with Crippen LogP contribution in [0.15, 0.2) is 0 Å². The molecule has 1 unspecified atom stereocenters. The molecule has 60 valence electrons. The molecular weight excluding hydrogens is 128 g/mol. The molecular formula is C8H16O2. The molecule has 0 aromatic heterocycles. The van der Waals surface area contributed by atoms with Crippen molar-refractivity contribution >= 4 is 5.78 Å². The van der Waals surface area contributed by atoms with E-state index in [9.17, 15) is 4.79 Å². The molecule has 1 N–H and O–H groups in total. The van der Waals surface area contributed by atoms with Gasteiger partial charge in [-0.15, -0.1) is 0 Å². The fraction of sp³-hybridized carbons (Fsp3) is 0.875. The molecule has 0 aromatic carbocycles. The summed E-state index contributed by atoms with van der Waals surface area (Å²) in [7, 11) is 0. The maximum atomic E-state index is 11.1. The highest BCUT2D eigenvalue weighted by Gasteiger charge is 2.26. The van der Waals surface area contributed by atoms with Crippen LogP contribution in [0.4, 0.5) is 0 Å². The number of aliphatic hydroxyl groups is 1. The Bertz CT molecular complexity index is 122. The molecule has 0 spiro atoms. The van der Waals surface area contributed by atoms with Crippen molar-refractivity contribution in [1.29, 1.82) is 0 Å². The summed E-state index contributed by atoms with van der Waals surface area (Å²) in [5.74, 6) is -0.0741. The van der Waals surface area contributed by atoms with Crippen LogP contribution in [0.1, 0.15) is 34.1 Å². The lowest BCUT2D eigenvalue weighted by molar-refractivity contribution is -0.134. The third kappa shape index (κ3) is 2.48. The van der Waals surface area contributed by atoms with Crippen molar-refractivity contribution in [3.05, 3.63) is 0 Å². The van der Waals surface area contributed by atoms with Crippen LogP contribution in [0.5, 0.6) is 0 Å². The van der Waals surface area contributed by atoms with Crippen LogP contribution in [-0.4, -0.2) is 17.0 Å². The number of Topliss-reactive ketones (excluding diaryl/α,β-unsaturated/α-hetero) is 1. The Morgan fingerprint density at radius 3 is 2.00 bits per heavy atom. The van der Waals surface area contributed by atoms with Gasteiger partial charge in [0.15, 0.2) is 5.78 Å². The number of aliphatic hydroxyl groups excluding tert-OH is 1. The van der Waals surface area contributed by atoms with Gasteiger partial charge in [0.2, 0.25) is 0 Å². The Morgan fingerprint density at radius 1 is 1.50 bits per heavy atom. The molecule has 0 aromatic rings. The molecule has 0 aliphatic carbocycles. The lowest BCUT2D eigenvalue weighted by atomic mass is 9.87. The number of hydrogen-bond acceptors (Lipinski definition) is 2. The standard InChI is InChI=1S/C8H16O2/c1-5-6(9)7(10)8(2,3)4/h6,9H,5H2,1-4H3. The number of ketones is 1. The molecule has 0 fully saturated rings. The van der Waals surface area contributed by atoms with E-state index in [0.29, 0.717) is 6.42 Å². The zero-order chi connectivity index (χ0) is 8.36. The summed E-state index contributed by atoms with van der Waals surface area (Å²) in [6.07, 6.45) is -0.268. The van der Waals surface area contributed by atoms with Gasteiger partial charge in [0.05, 0.1) is 0 Å². The van der Waals surface area contributed by atoms with E-state index in [1.165, 1.54) is 0 Å². The summed E-state index contributed by atoms with van der Waals surface area (Å²) in [4.78, 5) is 11.1. The molecule has 2 heteroatoms. The van der Waals surface area contributed by atoms with Gasteiger partial charge < -0.3 is 5.11 Å². The van der Waals surface area contributed by atoms with Crippen molar-refractivity contribution in [2.45, 2.75) is 40.2 Å². The molecule has 0 heterocycles. The molecule has 2 nitrogen and oxygen atoms in total. The fourth-order valence-corrected chi connectivity index (χ4v) is 0.685. The molecule has 0 saturated carbocycles. The van der Waals surface area contributed by atoms with E-state index in [-0.39, 0.29) is 5.78 Å². The van der Waals surface area contributed by atoms with E-state index < -0.39 is 11.5 Å². The number of carbonyl (C=O) groups excluding carboxylic acids is 1. The van der Waals surface area contributed by atoms with Crippen LogP contribution in [0.3, 0.4) is 0 Å². The van der Waals surface area contributed by atoms with Crippen LogP contribution < -0.4 is 0 Å². The van der Waals surface area contributed by atoms with Crippen LogP contribution in [0.2, 0.25) is 0 Å². The van der Waals surface area contributed by atoms with Gasteiger partial charge in [0.1, 0.15) is 6.10 Å². The van der Waals surface area contributed by atoms with E-state index in [4.69, 9.17) is 5.11 Å². The first-order valence-corrected chi connectivity index (χ1v) is 3.62. The largest absolute Gasteiger partial charge is 0.385 e. The predicted octanol–water partition coefficient (Wildman–Crippen LogP) is 1.37. The SMILES string of the molecule is CCC(O)C(=O)C(C)(C)C. The molecule has 0 bridgehead atoms. The highest BCUT2D eigenvalue weighted by Crippen LogP contribution is 2.17. The van der Waals surface area contributed by atoms with Gasteiger partial charge in [0, 0.05) is 5.41 Å². The van der Waals surface area contributed by atoms with E-state index >= 15 is 0 Å². The summed E-state index contributed by atoms with van der Waals surface area (Å²) < 4.78 is 0. The van der Waals surface area contributed by atoms with E-state index in [1.807, 2.05) is 20.8 Å². The van der Waals surface area contributed by atoms with E-state index in [2.05, 4.69) is 0 Å². The van der Waals surface area contributed by atoms with Gasteiger partial charge in [-0.1, -0.05) is 27.7 Å². The molecule has 0 radical (unpaired) electrons. The van der Waals surface area contributed by atoms with Crippen molar-refractivity contribution in [2.75, 3.05) is 0 Å². The summed E-state index contributed by atoms with van der Waals surface area (Å²) >= 11 is 0. The van der Waals surface area contributed by atoms with Gasteiger partial charge in [-0.2, -0.15) is 0 Å². The van der Waals surface area contributed by atoms with Crippen molar-refractivity contribution < 1.29 is 9.90 Å². The first kappa shape index (κ1) is 9.63. The second-order valence-electron chi connectivity index (χ2n) is 3.54. The second-order valence-corrected chi connectivity index (χ2v) is 3.54. The normalized spacial score (nSPS) is 14.9. The molecule has 0 aliphatic rings. The minimum atomic E-state index is -0.778. The zero-order valence-corrected chi connectivity index (χ0v) is 7.14. The van der Waals surface area contributed by atoms with E-state index in [0.717, 1.165) is 0 Å². The minimum Gasteiger partial charge on any atom is -0.385 e. The van der Waals surface area contributed by atoms with Crippen LogP contribution >= 0.6 is 0 Å². The van der Waals surface area contributed by atoms with Crippen molar-refractivity contribution in [3.63, 3.8) is 0 Å². The second kappa shape index (κ2) is 3.15. The van der Waals surface area contributed by atoms with Crippen LogP contribution in [0, 0.1) is 5.41 Å². The average molecular weight is 144 g/mol. The zero-order valence-electron chi connectivity index (χ0n) is 7.14. The van der Waals surface area contributed by atoms with E-state index in [1.54, 1.807) is 6.92 Å². The third-order valence-electron chi connectivity index (χ3n) is 1.43. The number of carbonyl (C=O) groups is 1. The topological polar surface area (TPSA) is 37.3 Å². The molecule has 0 rings (SSSR count). The molecule has 0 saturated heterocycles. The maximum Gasteiger partial charge on any atom is 0.166 e. The van der Waals surface area contributed by atoms with Gasteiger partial charge in [-0.25, -0.2) is 0 Å². The molecule has 10 heavy (non-hydrogen) atoms. The van der Waals surface area contributed by atoms with Gasteiger partial charge >= 0.3 is 0 Å². The quantitative estimate of drug-likeness (QED) is 0.635. The van der Waals surface area contributed by atoms with Crippen LogP contribution in [0.25, 0.3) is 0 Å². The summed E-state index contributed by atoms with van der Waals surface area (Å²) in [5, 5.41) is 9.11. The minimum absolute atomic E-state index is 0.0741. The third-order valence-corrected chi connectivity index (χ3v) is 1.43. The van der Waals surface area contributed by atoms with Crippen molar-refractivity contribution in [3.8, 4) is 0 Å². The van der Waals surface area contributed by atoms with Gasteiger partial charge in [-0.3, -0.25) is 4.79 Å². The van der Waals surface area contributed by atoms with Gasteiger partial charge in [0.25, 0.3) is 0 Å². The number of hydrogen-bond donors (Lipinski definition) is 1. The molecule has 1 atom stereocenters. The van der Waals surface area contributed by atoms with Crippen molar-refractivity contribution in [1.82, 2.24) is 0 Å². The Morgan fingerprint density at radius 2 is 1.90 bits per heavy atom. The Balaban J connectivity index is 4.09. The highest BCUT2D eigenvalue weighted by atomic mass is 16.3. The molecule has 0 aliphatic heterocycles. The van der Waals surface area contributed by atoms with Gasteiger partial charge in [-0.05, 0) is 6.42 Å². The Kier molecular flexibility index (Phi) is 3.03. The predicted molar refractivity (Wildman–Crippen MR) is 40.8 cm³/mol. The number of rotatable bonds is 2. The van der Waals surface area contributed by atoms with Crippen LogP contribution in [-0.2, 0) is 4.79 Å². The Hall–Kier alpha value is -0.370. The molecule has 0 amide bonds. The summed E-state index contributed by atoms with van der Waals surface area (Å²) in [5.41, 5.74) is -0.407. The monoisotopic (exact) mass is 144 g/mol. The maximum absolute atomic E-state index is 11.1. The fourth-order valence-electron chi connectivity index (χ4n) is 0.685. The Labute approximate surface area is 62.2 Å². The summed E-state index contributed by atoms with van der Waals surface area (Å²) in [6, 6.07) is 0. The highest BCUT2D eigenvalue weighted by molar-refractivity contribution is 5.87. The summed E-state index contributed by atoms with van der Waals surface area (Å²) in [6.45, 7) is 7.24. The van der Waals surface area contributed by atoms with Crippen molar-refractivity contribution in [2.24, 2.45) is 5.41 Å².